The molecule has 0 N–H and O–H groups in total. The molecule has 0 unspecified atom stereocenters. The lowest BCUT2D eigenvalue weighted by Gasteiger charge is -2.05. The summed E-state index contributed by atoms with van der Waals surface area (Å²) < 4.78 is 23.4. The molecule has 0 atom stereocenters. The molecule has 1 aromatic carbocycles. The van der Waals surface area contributed by atoms with Crippen molar-refractivity contribution in [2.45, 2.75) is 6.61 Å². The molecule has 0 saturated heterocycles. The Balaban J connectivity index is 2.07. The molecule has 15 heavy (non-hydrogen) atoms. The Labute approximate surface area is 93.2 Å². The molecule has 0 radical (unpaired) electrons. The molecule has 4 nitrogen and oxygen atoms in total. The minimum Gasteiger partial charge on any atom is -0.484 e. The van der Waals surface area contributed by atoms with Gasteiger partial charge in [-0.2, -0.15) is 4.98 Å². The SMILES string of the molecule is Fc1ccc(Br)c(OCc2ncon2)c1. The third-order valence-corrected chi connectivity index (χ3v) is 2.31. The fraction of sp³-hybridized carbons (Fsp3) is 0.111. The van der Waals surface area contributed by atoms with E-state index < -0.39 is 0 Å². The van der Waals surface area contributed by atoms with Crippen molar-refractivity contribution in [3.8, 4) is 5.75 Å². The minimum absolute atomic E-state index is 0.137. The Morgan fingerprint density at radius 2 is 2.33 bits per heavy atom. The van der Waals surface area contributed by atoms with E-state index in [9.17, 15) is 4.39 Å². The molecular formula is C9H6BrFN2O2. The van der Waals surface area contributed by atoms with Crippen LogP contribution in [0.2, 0.25) is 0 Å². The zero-order valence-corrected chi connectivity index (χ0v) is 9.07. The first-order chi connectivity index (χ1) is 7.25. The molecular weight excluding hydrogens is 267 g/mol. The van der Waals surface area contributed by atoms with Gasteiger partial charge in [0.25, 0.3) is 0 Å². The number of rotatable bonds is 3. The van der Waals surface area contributed by atoms with E-state index in [4.69, 9.17) is 4.74 Å². The van der Waals surface area contributed by atoms with E-state index >= 15 is 0 Å². The molecule has 0 aliphatic carbocycles. The molecule has 0 spiro atoms. The van der Waals surface area contributed by atoms with Crippen LogP contribution < -0.4 is 4.74 Å². The fourth-order valence-electron chi connectivity index (χ4n) is 0.986. The van der Waals surface area contributed by atoms with Crippen molar-refractivity contribution in [2.24, 2.45) is 0 Å². The summed E-state index contributed by atoms with van der Waals surface area (Å²) in [5.41, 5.74) is 0. The first-order valence-corrected chi connectivity index (χ1v) is 4.88. The zero-order valence-electron chi connectivity index (χ0n) is 7.48. The first-order valence-electron chi connectivity index (χ1n) is 4.09. The van der Waals surface area contributed by atoms with Crippen LogP contribution in [0.15, 0.2) is 33.6 Å². The van der Waals surface area contributed by atoms with Gasteiger partial charge in [0.15, 0.2) is 6.61 Å². The van der Waals surface area contributed by atoms with Gasteiger partial charge in [-0.15, -0.1) is 0 Å². The van der Waals surface area contributed by atoms with E-state index in [1.807, 2.05) is 0 Å². The summed E-state index contributed by atoms with van der Waals surface area (Å²) in [6.45, 7) is 0.137. The predicted octanol–water partition coefficient (Wildman–Crippen LogP) is 2.55. The van der Waals surface area contributed by atoms with Gasteiger partial charge in [0.05, 0.1) is 4.47 Å². The fourth-order valence-corrected chi connectivity index (χ4v) is 1.35. The molecule has 0 bridgehead atoms. The standard InChI is InChI=1S/C9H6BrFN2O2/c10-7-2-1-6(11)3-8(7)14-4-9-12-5-15-13-9/h1-3,5H,4H2. The normalized spacial score (nSPS) is 10.3. The Hall–Kier alpha value is -1.43. The third-order valence-electron chi connectivity index (χ3n) is 1.66. The number of aromatic nitrogens is 2. The second-order valence-electron chi connectivity index (χ2n) is 2.71. The van der Waals surface area contributed by atoms with Gasteiger partial charge in [0, 0.05) is 6.07 Å². The topological polar surface area (TPSA) is 48.2 Å². The molecule has 0 saturated carbocycles. The smallest absolute Gasteiger partial charge is 0.213 e. The summed E-state index contributed by atoms with van der Waals surface area (Å²) in [6, 6.07) is 4.19. The Morgan fingerprint density at radius 3 is 3.07 bits per heavy atom. The third kappa shape index (κ3) is 2.53. The number of halogens is 2. The van der Waals surface area contributed by atoms with Crippen LogP contribution >= 0.6 is 15.9 Å². The highest BCUT2D eigenvalue weighted by molar-refractivity contribution is 9.10. The van der Waals surface area contributed by atoms with Crippen LogP contribution in [-0.4, -0.2) is 10.1 Å². The van der Waals surface area contributed by atoms with Crippen LogP contribution in [0.1, 0.15) is 5.82 Å². The van der Waals surface area contributed by atoms with Crippen LogP contribution in [0, 0.1) is 5.82 Å². The van der Waals surface area contributed by atoms with Crippen molar-refractivity contribution >= 4 is 15.9 Å². The molecule has 1 heterocycles. The van der Waals surface area contributed by atoms with Gasteiger partial charge in [-0.3, -0.25) is 0 Å². The highest BCUT2D eigenvalue weighted by atomic mass is 79.9. The number of hydrogen-bond acceptors (Lipinski definition) is 4. The molecule has 2 aromatic rings. The molecule has 0 fully saturated rings. The molecule has 0 aliphatic rings. The lowest BCUT2D eigenvalue weighted by molar-refractivity contribution is 0.283. The van der Waals surface area contributed by atoms with E-state index in [2.05, 4.69) is 30.6 Å². The van der Waals surface area contributed by atoms with Crippen molar-refractivity contribution in [2.75, 3.05) is 0 Å². The summed E-state index contributed by atoms with van der Waals surface area (Å²) in [5.74, 6) is 0.451. The predicted molar refractivity (Wildman–Crippen MR) is 52.7 cm³/mol. The molecule has 0 amide bonds. The average Bonchev–Trinajstić information content (AvgIpc) is 2.72. The lowest BCUT2D eigenvalue weighted by atomic mass is 10.3. The van der Waals surface area contributed by atoms with Gasteiger partial charge >= 0.3 is 0 Å². The molecule has 2 rings (SSSR count). The molecule has 1 aromatic heterocycles. The lowest BCUT2D eigenvalue weighted by Crippen LogP contribution is -1.98. The second-order valence-corrected chi connectivity index (χ2v) is 3.57. The van der Waals surface area contributed by atoms with Crippen LogP contribution in [0.4, 0.5) is 4.39 Å². The highest BCUT2D eigenvalue weighted by Gasteiger charge is 2.05. The van der Waals surface area contributed by atoms with Crippen molar-refractivity contribution in [3.63, 3.8) is 0 Å². The monoisotopic (exact) mass is 272 g/mol. The van der Waals surface area contributed by atoms with Crippen molar-refractivity contribution in [3.05, 3.63) is 40.7 Å². The minimum atomic E-state index is -0.360. The number of ether oxygens (including phenoxy) is 1. The van der Waals surface area contributed by atoms with Crippen molar-refractivity contribution in [1.82, 2.24) is 10.1 Å². The maximum Gasteiger partial charge on any atom is 0.213 e. The maximum atomic E-state index is 12.9. The summed E-state index contributed by atoms with van der Waals surface area (Å²) >= 11 is 3.24. The van der Waals surface area contributed by atoms with Gasteiger partial charge < -0.3 is 9.26 Å². The largest absolute Gasteiger partial charge is 0.484 e. The molecule has 78 valence electrons. The zero-order chi connectivity index (χ0) is 10.7. The average molecular weight is 273 g/mol. The Kier molecular flexibility index (Phi) is 2.96. The van der Waals surface area contributed by atoms with Crippen LogP contribution in [0.3, 0.4) is 0 Å². The Morgan fingerprint density at radius 1 is 1.47 bits per heavy atom. The van der Waals surface area contributed by atoms with E-state index in [0.29, 0.717) is 16.0 Å². The highest BCUT2D eigenvalue weighted by Crippen LogP contribution is 2.25. The quantitative estimate of drug-likeness (QED) is 0.862. The summed E-state index contributed by atoms with van der Waals surface area (Å²) in [5, 5.41) is 3.56. The van der Waals surface area contributed by atoms with Gasteiger partial charge in [0.1, 0.15) is 11.6 Å². The summed E-state index contributed by atoms with van der Waals surface area (Å²) in [6.07, 6.45) is 1.21. The van der Waals surface area contributed by atoms with E-state index in [1.165, 1.54) is 18.5 Å². The summed E-state index contributed by atoms with van der Waals surface area (Å²) in [7, 11) is 0. The van der Waals surface area contributed by atoms with Gasteiger partial charge in [-0.05, 0) is 28.1 Å². The second kappa shape index (κ2) is 4.39. The number of benzene rings is 1. The van der Waals surface area contributed by atoms with Gasteiger partial charge in [-0.1, -0.05) is 5.16 Å². The molecule has 6 heteroatoms. The number of nitrogens with zero attached hydrogens (tertiary/aromatic N) is 2. The van der Waals surface area contributed by atoms with E-state index in [0.717, 1.165) is 0 Å². The Bertz CT molecular complexity index is 447. The first kappa shape index (κ1) is 10.1. The van der Waals surface area contributed by atoms with Crippen LogP contribution in [-0.2, 0) is 6.61 Å². The number of hydrogen-bond donors (Lipinski definition) is 0. The van der Waals surface area contributed by atoms with Crippen LogP contribution in [0.5, 0.6) is 5.75 Å². The van der Waals surface area contributed by atoms with Crippen molar-refractivity contribution in [1.29, 1.82) is 0 Å². The van der Waals surface area contributed by atoms with E-state index in [1.54, 1.807) is 6.07 Å². The van der Waals surface area contributed by atoms with Gasteiger partial charge in [0.2, 0.25) is 12.2 Å². The van der Waals surface area contributed by atoms with Crippen molar-refractivity contribution < 1.29 is 13.7 Å². The van der Waals surface area contributed by atoms with E-state index in [-0.39, 0.29) is 12.4 Å². The maximum absolute atomic E-state index is 12.9. The van der Waals surface area contributed by atoms with Gasteiger partial charge in [-0.25, -0.2) is 4.39 Å². The summed E-state index contributed by atoms with van der Waals surface area (Å²) in [4.78, 5) is 3.77. The molecule has 0 aliphatic heterocycles. The van der Waals surface area contributed by atoms with Crippen LogP contribution in [0.25, 0.3) is 0 Å².